The van der Waals surface area contributed by atoms with E-state index in [0.717, 1.165) is 10.5 Å². The highest BCUT2D eigenvalue weighted by Gasteiger charge is 2.50. The van der Waals surface area contributed by atoms with Gasteiger partial charge < -0.3 is 9.84 Å². The molecular formula is C20H16Cl2N4O3. The first-order valence-electron chi connectivity index (χ1n) is 8.82. The van der Waals surface area contributed by atoms with Gasteiger partial charge in [-0.1, -0.05) is 64.8 Å². The van der Waals surface area contributed by atoms with E-state index >= 15 is 0 Å². The molecule has 1 saturated heterocycles. The number of halogens is 2. The van der Waals surface area contributed by atoms with Gasteiger partial charge in [0.2, 0.25) is 5.89 Å². The van der Waals surface area contributed by atoms with Gasteiger partial charge in [0.25, 0.3) is 5.91 Å². The van der Waals surface area contributed by atoms with Crippen molar-refractivity contribution in [1.29, 1.82) is 0 Å². The number of benzene rings is 2. The molecule has 0 spiro atoms. The van der Waals surface area contributed by atoms with E-state index in [2.05, 4.69) is 15.5 Å². The number of carbonyl (C=O) groups excluding carboxylic acids is 2. The van der Waals surface area contributed by atoms with Crippen LogP contribution in [0, 0.1) is 0 Å². The van der Waals surface area contributed by atoms with Crippen molar-refractivity contribution in [2.45, 2.75) is 25.4 Å². The third-order valence-corrected chi connectivity index (χ3v) is 5.30. The van der Waals surface area contributed by atoms with Gasteiger partial charge in [-0.25, -0.2) is 4.79 Å². The maximum absolute atomic E-state index is 13.0. The fraction of sp³-hybridized carbons (Fsp3) is 0.200. The predicted octanol–water partition coefficient (Wildman–Crippen LogP) is 3.93. The molecule has 1 aliphatic rings. The number of nitrogens with zero attached hydrogens (tertiary/aromatic N) is 3. The molecular weight excluding hydrogens is 415 g/mol. The molecule has 3 aromatic rings. The number of nitrogens with one attached hydrogen (secondary N) is 1. The largest absolute Gasteiger partial charge is 0.337 e. The van der Waals surface area contributed by atoms with Gasteiger partial charge in [-0.15, -0.1) is 0 Å². The molecule has 1 aromatic heterocycles. The highest BCUT2D eigenvalue weighted by Crippen LogP contribution is 2.35. The summed E-state index contributed by atoms with van der Waals surface area (Å²) in [5.74, 6) is 0.183. The number of imide groups is 1. The molecule has 0 bridgehead atoms. The van der Waals surface area contributed by atoms with Crippen molar-refractivity contribution in [3.8, 4) is 0 Å². The molecule has 4 rings (SSSR count). The Bertz CT molecular complexity index is 1090. The summed E-state index contributed by atoms with van der Waals surface area (Å²) >= 11 is 12.2. The minimum absolute atomic E-state index is 0.132. The summed E-state index contributed by atoms with van der Waals surface area (Å²) in [5.41, 5.74) is 0.172. The number of hydrogen-bond acceptors (Lipinski definition) is 5. The minimum atomic E-state index is -1.31. The Hall–Kier alpha value is -2.90. The van der Waals surface area contributed by atoms with Crippen LogP contribution < -0.4 is 5.32 Å². The predicted molar refractivity (Wildman–Crippen MR) is 106 cm³/mol. The van der Waals surface area contributed by atoms with Crippen LogP contribution in [0.15, 0.2) is 53.1 Å². The maximum Gasteiger partial charge on any atom is 0.325 e. The molecule has 0 aliphatic carbocycles. The van der Waals surface area contributed by atoms with Crippen molar-refractivity contribution in [3.63, 3.8) is 0 Å². The van der Waals surface area contributed by atoms with E-state index in [1.165, 1.54) is 6.07 Å². The van der Waals surface area contributed by atoms with Crippen molar-refractivity contribution in [1.82, 2.24) is 20.4 Å². The van der Waals surface area contributed by atoms with Gasteiger partial charge in [0, 0.05) is 22.0 Å². The van der Waals surface area contributed by atoms with Crippen LogP contribution in [0.2, 0.25) is 10.0 Å². The number of carbonyl (C=O) groups is 2. The van der Waals surface area contributed by atoms with Crippen molar-refractivity contribution in [2.24, 2.45) is 0 Å². The molecule has 1 aliphatic heterocycles. The first-order chi connectivity index (χ1) is 13.9. The Morgan fingerprint density at radius 2 is 1.90 bits per heavy atom. The monoisotopic (exact) mass is 430 g/mol. The molecule has 148 valence electrons. The standard InChI is InChI=1S/C20H16Cl2N4O3/c1-20(14-8-7-13(21)10-15(14)22)18(27)26(19(28)24-20)11-17-23-16(25-29-17)9-12-5-3-2-4-6-12/h2-8,10H,9,11H2,1H3,(H,24,28). The van der Waals surface area contributed by atoms with Gasteiger partial charge in [-0.05, 0) is 24.6 Å². The average Bonchev–Trinajstić information content (AvgIpc) is 3.20. The summed E-state index contributed by atoms with van der Waals surface area (Å²) in [5, 5.41) is 7.35. The van der Waals surface area contributed by atoms with E-state index < -0.39 is 17.5 Å². The van der Waals surface area contributed by atoms with Gasteiger partial charge in [0.05, 0.1) is 0 Å². The highest BCUT2D eigenvalue weighted by molar-refractivity contribution is 6.35. The Kier molecular flexibility index (Phi) is 5.02. The lowest BCUT2D eigenvalue weighted by molar-refractivity contribution is -0.131. The second-order valence-electron chi connectivity index (χ2n) is 6.84. The van der Waals surface area contributed by atoms with Crippen molar-refractivity contribution >= 4 is 35.1 Å². The SMILES string of the molecule is CC1(c2ccc(Cl)cc2Cl)NC(=O)N(Cc2nc(Cc3ccccc3)no2)C1=O. The zero-order chi connectivity index (χ0) is 20.6. The molecule has 3 amide bonds. The molecule has 2 heterocycles. The number of rotatable bonds is 5. The van der Waals surface area contributed by atoms with Crippen molar-refractivity contribution < 1.29 is 14.1 Å². The zero-order valence-corrected chi connectivity index (χ0v) is 16.9. The zero-order valence-electron chi connectivity index (χ0n) is 15.4. The van der Waals surface area contributed by atoms with Crippen LogP contribution in [-0.4, -0.2) is 27.0 Å². The summed E-state index contributed by atoms with van der Waals surface area (Å²) < 4.78 is 5.23. The lowest BCUT2D eigenvalue weighted by atomic mass is 9.92. The Labute approximate surface area is 176 Å². The smallest absolute Gasteiger partial charge is 0.325 e. The van der Waals surface area contributed by atoms with Crippen LogP contribution in [0.4, 0.5) is 4.79 Å². The van der Waals surface area contributed by atoms with E-state index in [0.29, 0.717) is 27.9 Å². The van der Waals surface area contributed by atoms with Crippen molar-refractivity contribution in [3.05, 3.63) is 81.4 Å². The van der Waals surface area contributed by atoms with Crippen LogP contribution in [0.25, 0.3) is 0 Å². The summed E-state index contributed by atoms with van der Waals surface area (Å²) in [4.78, 5) is 30.9. The van der Waals surface area contributed by atoms with Crippen LogP contribution in [0.5, 0.6) is 0 Å². The van der Waals surface area contributed by atoms with Crippen LogP contribution in [-0.2, 0) is 23.3 Å². The molecule has 2 aromatic carbocycles. The molecule has 0 radical (unpaired) electrons. The first-order valence-corrected chi connectivity index (χ1v) is 9.57. The summed E-state index contributed by atoms with van der Waals surface area (Å²) in [6.45, 7) is 1.46. The third kappa shape index (κ3) is 3.71. The van der Waals surface area contributed by atoms with E-state index in [-0.39, 0.29) is 12.4 Å². The van der Waals surface area contributed by atoms with Crippen LogP contribution in [0.1, 0.15) is 29.8 Å². The summed E-state index contributed by atoms with van der Waals surface area (Å²) in [6.07, 6.45) is 0.489. The quantitative estimate of drug-likeness (QED) is 0.619. The first kappa shape index (κ1) is 19.4. The third-order valence-electron chi connectivity index (χ3n) is 4.75. The number of hydrogen-bond donors (Lipinski definition) is 1. The van der Waals surface area contributed by atoms with Gasteiger partial charge >= 0.3 is 6.03 Å². The fourth-order valence-corrected chi connectivity index (χ4v) is 3.86. The normalized spacial score (nSPS) is 18.9. The Morgan fingerprint density at radius 3 is 2.62 bits per heavy atom. The number of amides is 3. The topological polar surface area (TPSA) is 88.3 Å². The van der Waals surface area contributed by atoms with Gasteiger partial charge in [0.1, 0.15) is 12.1 Å². The van der Waals surface area contributed by atoms with Crippen molar-refractivity contribution in [2.75, 3.05) is 0 Å². The van der Waals surface area contributed by atoms with Gasteiger partial charge in [-0.2, -0.15) is 4.98 Å². The summed E-state index contributed by atoms with van der Waals surface area (Å²) in [6, 6.07) is 13.9. The van der Waals surface area contributed by atoms with Gasteiger partial charge in [0.15, 0.2) is 5.82 Å². The lowest BCUT2D eigenvalue weighted by Crippen LogP contribution is -2.41. The maximum atomic E-state index is 13.0. The molecule has 9 heteroatoms. The number of aromatic nitrogens is 2. The molecule has 0 saturated carbocycles. The molecule has 1 atom stereocenters. The van der Waals surface area contributed by atoms with Crippen LogP contribution >= 0.6 is 23.2 Å². The molecule has 1 unspecified atom stereocenters. The molecule has 29 heavy (non-hydrogen) atoms. The highest BCUT2D eigenvalue weighted by atomic mass is 35.5. The second-order valence-corrected chi connectivity index (χ2v) is 7.68. The molecule has 1 N–H and O–H groups in total. The average molecular weight is 431 g/mol. The Morgan fingerprint density at radius 1 is 1.14 bits per heavy atom. The minimum Gasteiger partial charge on any atom is -0.337 e. The van der Waals surface area contributed by atoms with E-state index in [4.69, 9.17) is 27.7 Å². The van der Waals surface area contributed by atoms with E-state index in [1.54, 1.807) is 19.1 Å². The fourth-order valence-electron chi connectivity index (χ4n) is 3.26. The molecule has 7 nitrogen and oxygen atoms in total. The van der Waals surface area contributed by atoms with E-state index in [1.807, 2.05) is 30.3 Å². The molecule has 1 fully saturated rings. The number of urea groups is 1. The second kappa shape index (κ2) is 7.50. The summed E-state index contributed by atoms with van der Waals surface area (Å²) in [7, 11) is 0. The Balaban J connectivity index is 1.53. The van der Waals surface area contributed by atoms with Crippen LogP contribution in [0.3, 0.4) is 0 Å². The lowest BCUT2D eigenvalue weighted by Gasteiger charge is -2.23. The van der Waals surface area contributed by atoms with Gasteiger partial charge in [-0.3, -0.25) is 9.69 Å². The van der Waals surface area contributed by atoms with E-state index in [9.17, 15) is 9.59 Å².